The molecule has 118 valence electrons. The van der Waals surface area contributed by atoms with Gasteiger partial charge in [-0.15, -0.1) is 0 Å². The molecule has 1 saturated carbocycles. The monoisotopic (exact) mass is 302 g/mol. The molecule has 0 atom stereocenters. The summed E-state index contributed by atoms with van der Waals surface area (Å²) in [5.41, 5.74) is 8.05. The van der Waals surface area contributed by atoms with E-state index >= 15 is 0 Å². The normalized spacial score (nSPS) is 20.7. The maximum absolute atomic E-state index is 5.89. The van der Waals surface area contributed by atoms with Crippen molar-refractivity contribution in [1.29, 1.82) is 0 Å². The van der Waals surface area contributed by atoms with Gasteiger partial charge < -0.3 is 15.8 Å². The van der Waals surface area contributed by atoms with Crippen molar-refractivity contribution in [2.45, 2.75) is 38.0 Å². The highest BCUT2D eigenvalue weighted by Gasteiger charge is 2.29. The van der Waals surface area contributed by atoms with E-state index in [1.807, 2.05) is 25.5 Å². The van der Waals surface area contributed by atoms with E-state index in [2.05, 4.69) is 20.4 Å². The van der Waals surface area contributed by atoms with Crippen LogP contribution in [0.15, 0.2) is 18.5 Å². The summed E-state index contributed by atoms with van der Waals surface area (Å²) in [4.78, 5) is 9.09. The van der Waals surface area contributed by atoms with Crippen molar-refractivity contribution in [3.63, 3.8) is 0 Å². The molecule has 1 aliphatic rings. The molecule has 3 rings (SSSR count). The van der Waals surface area contributed by atoms with Crippen LogP contribution in [0.3, 0.4) is 0 Å². The molecule has 2 aromatic heterocycles. The van der Waals surface area contributed by atoms with Crippen molar-refractivity contribution < 1.29 is 4.74 Å². The van der Waals surface area contributed by atoms with Gasteiger partial charge in [-0.3, -0.25) is 4.68 Å². The Labute approximate surface area is 129 Å². The highest BCUT2D eigenvalue weighted by atomic mass is 16.5. The summed E-state index contributed by atoms with van der Waals surface area (Å²) in [7, 11) is 3.56. The molecule has 2 heterocycles. The van der Waals surface area contributed by atoms with Crippen LogP contribution in [-0.4, -0.2) is 32.9 Å². The van der Waals surface area contributed by atoms with Crippen LogP contribution in [-0.2, 0) is 24.9 Å². The molecule has 0 saturated heterocycles. The molecule has 0 spiro atoms. The predicted molar refractivity (Wildman–Crippen MR) is 83.2 cm³/mol. The number of nitrogens with two attached hydrogens (primary N) is 1. The Balaban J connectivity index is 1.73. The Kier molecular flexibility index (Phi) is 4.35. The minimum Gasteiger partial charge on any atom is -0.377 e. The first-order chi connectivity index (χ1) is 10.6. The average molecular weight is 302 g/mol. The summed E-state index contributed by atoms with van der Waals surface area (Å²) in [6.07, 6.45) is 5.81. The van der Waals surface area contributed by atoms with Crippen LogP contribution in [0.25, 0.3) is 0 Å². The summed E-state index contributed by atoms with van der Waals surface area (Å²) in [5.74, 6) is 1.96. The number of ether oxygens (including phenoxy) is 1. The number of anilines is 1. The minimum absolute atomic E-state index is 0.303. The summed E-state index contributed by atoms with van der Waals surface area (Å²) in [5, 5.41) is 7.50. The fourth-order valence-corrected chi connectivity index (χ4v) is 2.67. The second-order valence-corrected chi connectivity index (χ2v) is 5.83. The molecule has 22 heavy (non-hydrogen) atoms. The first-order valence-corrected chi connectivity index (χ1v) is 7.48. The zero-order valence-corrected chi connectivity index (χ0v) is 13.0. The van der Waals surface area contributed by atoms with Crippen molar-refractivity contribution >= 4 is 5.82 Å². The van der Waals surface area contributed by atoms with Crippen LogP contribution in [0.5, 0.6) is 0 Å². The number of aromatic nitrogens is 4. The zero-order valence-electron chi connectivity index (χ0n) is 13.0. The van der Waals surface area contributed by atoms with E-state index in [4.69, 9.17) is 10.5 Å². The summed E-state index contributed by atoms with van der Waals surface area (Å²) < 4.78 is 6.95. The average Bonchev–Trinajstić information content (AvgIpc) is 2.88. The molecule has 7 nitrogen and oxygen atoms in total. The highest BCUT2D eigenvalue weighted by Crippen LogP contribution is 2.35. The third kappa shape index (κ3) is 3.42. The van der Waals surface area contributed by atoms with Crippen LogP contribution in [0, 0.1) is 0 Å². The Morgan fingerprint density at radius 2 is 2.23 bits per heavy atom. The third-order valence-corrected chi connectivity index (χ3v) is 3.89. The van der Waals surface area contributed by atoms with Crippen molar-refractivity contribution in [1.82, 2.24) is 19.7 Å². The number of nitrogens with one attached hydrogen (secondary N) is 1. The molecule has 1 aliphatic carbocycles. The van der Waals surface area contributed by atoms with Gasteiger partial charge in [0.2, 0.25) is 0 Å². The van der Waals surface area contributed by atoms with Gasteiger partial charge in [0.25, 0.3) is 0 Å². The molecular formula is C15H22N6O. The lowest BCUT2D eigenvalue weighted by Crippen LogP contribution is -2.35. The van der Waals surface area contributed by atoms with Gasteiger partial charge in [0, 0.05) is 56.2 Å². The zero-order chi connectivity index (χ0) is 15.5. The molecule has 1 fully saturated rings. The second kappa shape index (κ2) is 6.41. The molecular weight excluding hydrogens is 280 g/mol. The van der Waals surface area contributed by atoms with Gasteiger partial charge in [-0.1, -0.05) is 0 Å². The van der Waals surface area contributed by atoms with Gasteiger partial charge in [-0.25, -0.2) is 9.97 Å². The highest BCUT2D eigenvalue weighted by molar-refractivity contribution is 5.38. The van der Waals surface area contributed by atoms with Crippen molar-refractivity contribution in [2.75, 3.05) is 12.4 Å². The number of hydrogen-bond acceptors (Lipinski definition) is 6. The third-order valence-electron chi connectivity index (χ3n) is 3.89. The maximum atomic E-state index is 5.89. The van der Waals surface area contributed by atoms with Crippen LogP contribution in [0.4, 0.5) is 5.82 Å². The smallest absolute Gasteiger partial charge is 0.156 e. The standard InChI is InChI=1S/C15H22N6O/c1-21-8-10(7-18-21)6-17-14-5-13(11-3-12(16)4-11)19-15(20-14)9-22-2/h5,7-8,11-12H,3-4,6,9,16H2,1-2H3,(H,17,19,20). The molecule has 0 bridgehead atoms. The number of rotatable bonds is 6. The first kappa shape index (κ1) is 14.9. The molecule has 3 N–H and O–H groups in total. The molecule has 0 amide bonds. The van der Waals surface area contributed by atoms with Gasteiger partial charge in [0.15, 0.2) is 5.82 Å². The maximum Gasteiger partial charge on any atom is 0.156 e. The van der Waals surface area contributed by atoms with Crippen molar-refractivity contribution in [3.05, 3.63) is 35.5 Å². The van der Waals surface area contributed by atoms with E-state index in [1.54, 1.807) is 11.8 Å². The van der Waals surface area contributed by atoms with Gasteiger partial charge in [0.1, 0.15) is 12.4 Å². The van der Waals surface area contributed by atoms with E-state index in [0.717, 1.165) is 29.9 Å². The Morgan fingerprint density at radius 1 is 1.41 bits per heavy atom. The minimum atomic E-state index is 0.303. The number of aryl methyl sites for hydroxylation is 1. The van der Waals surface area contributed by atoms with Crippen LogP contribution in [0.2, 0.25) is 0 Å². The van der Waals surface area contributed by atoms with Crippen LogP contribution < -0.4 is 11.1 Å². The van der Waals surface area contributed by atoms with Gasteiger partial charge in [-0.05, 0) is 12.8 Å². The summed E-state index contributed by atoms with van der Waals surface area (Å²) >= 11 is 0. The van der Waals surface area contributed by atoms with E-state index in [1.165, 1.54) is 0 Å². The Morgan fingerprint density at radius 3 is 2.86 bits per heavy atom. The summed E-state index contributed by atoms with van der Waals surface area (Å²) in [6, 6.07) is 2.32. The molecule has 0 aliphatic heterocycles. The number of hydrogen-bond donors (Lipinski definition) is 2. The van der Waals surface area contributed by atoms with Gasteiger partial charge >= 0.3 is 0 Å². The lowest BCUT2D eigenvalue weighted by Gasteiger charge is -2.32. The van der Waals surface area contributed by atoms with Crippen LogP contribution >= 0.6 is 0 Å². The molecule has 0 radical (unpaired) electrons. The Bertz CT molecular complexity index is 635. The first-order valence-electron chi connectivity index (χ1n) is 7.48. The van der Waals surface area contributed by atoms with Gasteiger partial charge in [-0.2, -0.15) is 5.10 Å². The van der Waals surface area contributed by atoms with E-state index in [0.29, 0.717) is 30.9 Å². The number of nitrogens with zero attached hydrogens (tertiary/aromatic N) is 4. The lowest BCUT2D eigenvalue weighted by molar-refractivity contribution is 0.177. The summed E-state index contributed by atoms with van der Waals surface area (Å²) in [6.45, 7) is 1.09. The fraction of sp³-hybridized carbons (Fsp3) is 0.533. The van der Waals surface area contributed by atoms with Gasteiger partial charge in [0.05, 0.1) is 6.20 Å². The molecule has 7 heteroatoms. The molecule has 2 aromatic rings. The SMILES string of the molecule is COCc1nc(NCc2cnn(C)c2)cc(C2CC(N)C2)n1. The topological polar surface area (TPSA) is 90.9 Å². The second-order valence-electron chi connectivity index (χ2n) is 5.83. The lowest BCUT2D eigenvalue weighted by atomic mass is 9.78. The number of methoxy groups -OCH3 is 1. The largest absolute Gasteiger partial charge is 0.377 e. The van der Waals surface area contributed by atoms with Crippen LogP contribution in [0.1, 0.15) is 35.8 Å². The Hall–Kier alpha value is -1.99. The van der Waals surface area contributed by atoms with Crippen molar-refractivity contribution in [3.8, 4) is 0 Å². The van der Waals surface area contributed by atoms with E-state index in [9.17, 15) is 0 Å². The molecule has 0 unspecified atom stereocenters. The fourth-order valence-electron chi connectivity index (χ4n) is 2.67. The van der Waals surface area contributed by atoms with Crippen molar-refractivity contribution in [2.24, 2.45) is 12.8 Å². The van der Waals surface area contributed by atoms with E-state index in [-0.39, 0.29) is 0 Å². The quantitative estimate of drug-likeness (QED) is 0.832. The molecule has 0 aromatic carbocycles. The predicted octanol–water partition coefficient (Wildman–Crippen LogP) is 1.17. The van der Waals surface area contributed by atoms with E-state index < -0.39 is 0 Å².